The first-order valence-corrected chi connectivity index (χ1v) is 4.15. The Morgan fingerprint density at radius 1 is 1.08 bits per heavy atom. The summed E-state index contributed by atoms with van der Waals surface area (Å²) < 4.78 is 0. The molecule has 0 aliphatic rings. The summed E-state index contributed by atoms with van der Waals surface area (Å²) in [5, 5.41) is 0. The third kappa shape index (κ3) is 2.02. The predicted molar refractivity (Wildman–Crippen MR) is 50.9 cm³/mol. The molecule has 0 aliphatic carbocycles. The van der Waals surface area contributed by atoms with E-state index in [4.69, 9.17) is 0 Å². The highest BCUT2D eigenvalue weighted by Gasteiger charge is 2.10. The van der Waals surface area contributed by atoms with Crippen molar-refractivity contribution < 1.29 is 9.59 Å². The van der Waals surface area contributed by atoms with Crippen molar-refractivity contribution in [1.29, 1.82) is 0 Å². The molecular weight excluding hydrogens is 164 g/mol. The van der Waals surface area contributed by atoms with Crippen molar-refractivity contribution in [3.05, 3.63) is 34.9 Å². The maximum Gasteiger partial charge on any atom is 0.228 e. The molecule has 1 aromatic rings. The number of ketones is 2. The number of carbonyl (C=O) groups is 2. The maximum absolute atomic E-state index is 11.3. The molecule has 68 valence electrons. The molecule has 0 saturated heterocycles. The summed E-state index contributed by atoms with van der Waals surface area (Å²) in [6, 6.07) is 5.29. The Balaban J connectivity index is 3.11. The van der Waals surface area contributed by atoms with Gasteiger partial charge in [0.1, 0.15) is 0 Å². The van der Waals surface area contributed by atoms with Gasteiger partial charge in [0.15, 0.2) is 5.78 Å². The van der Waals surface area contributed by atoms with Crippen LogP contribution in [0, 0.1) is 13.8 Å². The fraction of sp³-hybridized carbons (Fsp3) is 0.273. The monoisotopic (exact) mass is 176 g/mol. The number of Topliss-reactive ketones (excluding diaryl/α,β-unsaturated/α-hetero) is 2. The lowest BCUT2D eigenvalue weighted by atomic mass is 10.0. The molecule has 0 amide bonds. The van der Waals surface area contributed by atoms with Crippen LogP contribution in [0.1, 0.15) is 28.4 Å². The second kappa shape index (κ2) is 3.52. The van der Waals surface area contributed by atoms with Crippen LogP contribution >= 0.6 is 0 Å². The quantitative estimate of drug-likeness (QED) is 0.510. The zero-order chi connectivity index (χ0) is 10.0. The summed E-state index contributed by atoms with van der Waals surface area (Å²) in [6.45, 7) is 5.18. The summed E-state index contributed by atoms with van der Waals surface area (Å²) >= 11 is 0. The lowest BCUT2D eigenvalue weighted by Gasteiger charge is -2.01. The Kier molecular flexibility index (Phi) is 2.61. The van der Waals surface area contributed by atoms with E-state index in [1.54, 1.807) is 12.1 Å². The SMILES string of the molecule is CC(=O)C(=O)c1ccc(C)c(C)c1. The summed E-state index contributed by atoms with van der Waals surface area (Å²) in [7, 11) is 0. The molecule has 1 rings (SSSR count). The largest absolute Gasteiger partial charge is 0.291 e. The van der Waals surface area contributed by atoms with Gasteiger partial charge in [-0.3, -0.25) is 9.59 Å². The van der Waals surface area contributed by atoms with Crippen molar-refractivity contribution in [3.8, 4) is 0 Å². The zero-order valence-electron chi connectivity index (χ0n) is 8.05. The Morgan fingerprint density at radius 2 is 1.69 bits per heavy atom. The number of hydrogen-bond acceptors (Lipinski definition) is 2. The molecule has 0 bridgehead atoms. The van der Waals surface area contributed by atoms with Crippen molar-refractivity contribution in [1.82, 2.24) is 0 Å². The number of carbonyl (C=O) groups excluding carboxylic acids is 2. The first kappa shape index (κ1) is 9.65. The summed E-state index contributed by atoms with van der Waals surface area (Å²) in [4.78, 5) is 22.0. The van der Waals surface area contributed by atoms with E-state index < -0.39 is 11.6 Å². The molecule has 2 heteroatoms. The second-order valence-corrected chi connectivity index (χ2v) is 3.18. The number of aryl methyl sites for hydroxylation is 2. The highest BCUT2D eigenvalue weighted by Crippen LogP contribution is 2.10. The Bertz CT molecular complexity index is 364. The van der Waals surface area contributed by atoms with Crippen LogP contribution in [0.15, 0.2) is 18.2 Å². The van der Waals surface area contributed by atoms with E-state index in [1.165, 1.54) is 6.92 Å². The molecule has 0 fully saturated rings. The van der Waals surface area contributed by atoms with Crippen molar-refractivity contribution in [2.45, 2.75) is 20.8 Å². The molecular formula is C11H12O2. The molecule has 1 aromatic carbocycles. The second-order valence-electron chi connectivity index (χ2n) is 3.18. The molecule has 0 N–H and O–H groups in total. The van der Waals surface area contributed by atoms with E-state index in [0.29, 0.717) is 5.56 Å². The van der Waals surface area contributed by atoms with Gasteiger partial charge in [-0.2, -0.15) is 0 Å². The molecule has 0 saturated carbocycles. The normalized spacial score (nSPS) is 9.77. The molecule has 2 nitrogen and oxygen atoms in total. The summed E-state index contributed by atoms with van der Waals surface area (Å²) in [5.41, 5.74) is 2.64. The molecule has 0 radical (unpaired) electrons. The van der Waals surface area contributed by atoms with Crippen molar-refractivity contribution >= 4 is 11.6 Å². The molecule has 0 aromatic heterocycles. The standard InChI is InChI=1S/C11H12O2/c1-7-4-5-10(6-8(7)2)11(13)9(3)12/h4-6H,1-3H3. The Hall–Kier alpha value is -1.44. The minimum Gasteiger partial charge on any atom is -0.291 e. The van der Waals surface area contributed by atoms with Crippen LogP contribution in [0.5, 0.6) is 0 Å². The highest BCUT2D eigenvalue weighted by molar-refractivity contribution is 6.42. The van der Waals surface area contributed by atoms with Gasteiger partial charge in [-0.15, -0.1) is 0 Å². The Morgan fingerprint density at radius 3 is 2.15 bits per heavy atom. The van der Waals surface area contributed by atoms with Gasteiger partial charge in [0.25, 0.3) is 0 Å². The van der Waals surface area contributed by atoms with E-state index in [0.717, 1.165) is 11.1 Å². The molecule has 0 atom stereocenters. The van der Waals surface area contributed by atoms with Gasteiger partial charge >= 0.3 is 0 Å². The van der Waals surface area contributed by atoms with Crippen molar-refractivity contribution in [2.24, 2.45) is 0 Å². The molecule has 0 heterocycles. The van der Waals surface area contributed by atoms with E-state index >= 15 is 0 Å². The van der Waals surface area contributed by atoms with Crippen LogP contribution in [-0.4, -0.2) is 11.6 Å². The minimum absolute atomic E-state index is 0.414. The molecule has 0 spiro atoms. The van der Waals surface area contributed by atoms with Crippen molar-refractivity contribution in [3.63, 3.8) is 0 Å². The van der Waals surface area contributed by atoms with Gasteiger partial charge in [-0.25, -0.2) is 0 Å². The van der Waals surface area contributed by atoms with Crippen LogP contribution in [0.2, 0.25) is 0 Å². The van der Waals surface area contributed by atoms with Crippen LogP contribution in [-0.2, 0) is 4.79 Å². The first-order chi connectivity index (χ1) is 6.02. The van der Waals surface area contributed by atoms with Crippen LogP contribution in [0.25, 0.3) is 0 Å². The molecule has 0 aliphatic heterocycles. The highest BCUT2D eigenvalue weighted by atomic mass is 16.2. The van der Waals surface area contributed by atoms with Crippen LogP contribution < -0.4 is 0 Å². The smallest absolute Gasteiger partial charge is 0.228 e. The summed E-state index contributed by atoms with van der Waals surface area (Å²) in [5.74, 6) is -0.827. The van der Waals surface area contributed by atoms with E-state index in [1.807, 2.05) is 19.9 Å². The number of rotatable bonds is 2. The predicted octanol–water partition coefficient (Wildman–Crippen LogP) is 2.08. The van der Waals surface area contributed by atoms with E-state index in [2.05, 4.69) is 0 Å². The van der Waals surface area contributed by atoms with Gasteiger partial charge in [0, 0.05) is 12.5 Å². The molecule has 0 unspecified atom stereocenters. The van der Waals surface area contributed by atoms with Gasteiger partial charge in [-0.05, 0) is 31.0 Å². The fourth-order valence-electron chi connectivity index (χ4n) is 1.09. The number of hydrogen-bond donors (Lipinski definition) is 0. The zero-order valence-corrected chi connectivity index (χ0v) is 8.05. The third-order valence-corrected chi connectivity index (χ3v) is 2.09. The first-order valence-electron chi connectivity index (χ1n) is 4.15. The topological polar surface area (TPSA) is 34.1 Å². The van der Waals surface area contributed by atoms with E-state index in [9.17, 15) is 9.59 Å². The third-order valence-electron chi connectivity index (χ3n) is 2.09. The van der Waals surface area contributed by atoms with Gasteiger partial charge in [-0.1, -0.05) is 12.1 Å². The van der Waals surface area contributed by atoms with Crippen LogP contribution in [0.3, 0.4) is 0 Å². The van der Waals surface area contributed by atoms with Gasteiger partial charge < -0.3 is 0 Å². The maximum atomic E-state index is 11.3. The lowest BCUT2D eigenvalue weighted by molar-refractivity contribution is -0.113. The minimum atomic E-state index is -0.414. The Labute approximate surface area is 77.6 Å². The lowest BCUT2D eigenvalue weighted by Crippen LogP contribution is -2.09. The van der Waals surface area contributed by atoms with Gasteiger partial charge in [0.2, 0.25) is 5.78 Å². The van der Waals surface area contributed by atoms with Gasteiger partial charge in [0.05, 0.1) is 0 Å². The summed E-state index contributed by atoms with van der Waals surface area (Å²) in [6.07, 6.45) is 0. The van der Waals surface area contributed by atoms with Crippen LogP contribution in [0.4, 0.5) is 0 Å². The fourth-order valence-corrected chi connectivity index (χ4v) is 1.09. The number of benzene rings is 1. The average Bonchev–Trinajstić information content (AvgIpc) is 2.08. The van der Waals surface area contributed by atoms with E-state index in [-0.39, 0.29) is 0 Å². The molecule has 13 heavy (non-hydrogen) atoms. The van der Waals surface area contributed by atoms with Crippen molar-refractivity contribution in [2.75, 3.05) is 0 Å². The average molecular weight is 176 g/mol.